The lowest BCUT2D eigenvalue weighted by Gasteiger charge is -2.26. The number of hydrogen-bond acceptors (Lipinski definition) is 4. The van der Waals surface area contributed by atoms with E-state index in [0.717, 1.165) is 39.5 Å². The summed E-state index contributed by atoms with van der Waals surface area (Å²) < 4.78 is 6.77. The summed E-state index contributed by atoms with van der Waals surface area (Å²) in [5.41, 5.74) is 9.95. The number of nitrogens with zero attached hydrogens (tertiary/aromatic N) is 3. The first-order chi connectivity index (χ1) is 23.5. The van der Waals surface area contributed by atoms with E-state index >= 15 is 0 Å². The lowest BCUT2D eigenvalue weighted by Crippen LogP contribution is -2.49. The molecule has 1 aliphatic heterocycles. The van der Waals surface area contributed by atoms with Gasteiger partial charge in [-0.1, -0.05) is 85.9 Å². The van der Waals surface area contributed by atoms with E-state index in [2.05, 4.69) is 115 Å². The average Bonchev–Trinajstić information content (AvgIpc) is 3.62. The summed E-state index contributed by atoms with van der Waals surface area (Å²) in [4.78, 5) is 2.23. The van der Waals surface area contributed by atoms with Crippen LogP contribution in [0.1, 0.15) is 33.7 Å². The van der Waals surface area contributed by atoms with Crippen LogP contribution in [0.15, 0.2) is 150 Å². The van der Waals surface area contributed by atoms with Gasteiger partial charge >= 0.3 is 0 Å². The SMILES string of the molecule is C[Si]1(C)c2ccc(N(c3ccccc3)c3ccc(C#N)cc3)cc2-c2oc3ccc(C(c4ccccc4)c4ccc(C#N)cc4)cc3c21. The monoisotopic (exact) mass is 633 g/mol. The molecule has 0 aliphatic carbocycles. The molecule has 1 unspecified atom stereocenters. The molecule has 0 fully saturated rings. The zero-order valence-electron chi connectivity index (χ0n) is 26.7. The largest absolute Gasteiger partial charge is 0.456 e. The summed E-state index contributed by atoms with van der Waals surface area (Å²) in [5.74, 6) is 0.985. The lowest BCUT2D eigenvalue weighted by molar-refractivity contribution is 0.634. The van der Waals surface area contributed by atoms with Crippen molar-refractivity contribution < 1.29 is 4.42 Å². The topological polar surface area (TPSA) is 64.0 Å². The molecule has 1 atom stereocenters. The smallest absolute Gasteiger partial charge is 0.135 e. The molecule has 0 amide bonds. The maximum Gasteiger partial charge on any atom is 0.135 e. The van der Waals surface area contributed by atoms with Gasteiger partial charge in [-0.15, -0.1) is 0 Å². The zero-order valence-corrected chi connectivity index (χ0v) is 27.7. The summed E-state index contributed by atoms with van der Waals surface area (Å²) in [6.07, 6.45) is 0. The van der Waals surface area contributed by atoms with Crippen LogP contribution in [-0.4, -0.2) is 8.07 Å². The molecular formula is C43H31N3OSi. The Kier molecular flexibility index (Phi) is 7.06. The number of para-hydroxylation sites is 1. The van der Waals surface area contributed by atoms with Crippen LogP contribution in [0.3, 0.4) is 0 Å². The van der Waals surface area contributed by atoms with Crippen LogP contribution in [0.4, 0.5) is 17.1 Å². The van der Waals surface area contributed by atoms with Crippen molar-refractivity contribution >= 4 is 46.5 Å². The molecule has 228 valence electrons. The first-order valence-corrected chi connectivity index (χ1v) is 19.1. The number of fused-ring (bicyclic) bond motifs is 5. The highest BCUT2D eigenvalue weighted by Gasteiger charge is 2.42. The second kappa shape index (κ2) is 11.6. The van der Waals surface area contributed by atoms with Crippen LogP contribution in [-0.2, 0) is 0 Å². The van der Waals surface area contributed by atoms with Crippen molar-refractivity contribution in [1.29, 1.82) is 10.5 Å². The summed E-state index contributed by atoms with van der Waals surface area (Å²) in [7, 11) is -2.14. The van der Waals surface area contributed by atoms with Gasteiger partial charge in [0.2, 0.25) is 0 Å². The number of benzene rings is 6. The highest BCUT2D eigenvalue weighted by Crippen LogP contribution is 2.41. The Morgan fingerprint density at radius 2 is 1.15 bits per heavy atom. The van der Waals surface area contributed by atoms with Gasteiger partial charge in [-0.05, 0) is 99.9 Å². The Balaban J connectivity index is 1.27. The van der Waals surface area contributed by atoms with Gasteiger partial charge in [0, 0.05) is 33.9 Å². The highest BCUT2D eigenvalue weighted by atomic mass is 28.3. The van der Waals surface area contributed by atoms with E-state index in [1.54, 1.807) is 0 Å². The van der Waals surface area contributed by atoms with Gasteiger partial charge in [0.1, 0.15) is 19.4 Å². The van der Waals surface area contributed by atoms with Gasteiger partial charge < -0.3 is 9.32 Å². The summed E-state index contributed by atoms with van der Waals surface area (Å²) in [6, 6.07) is 54.5. The summed E-state index contributed by atoms with van der Waals surface area (Å²) in [6.45, 7) is 4.84. The first kappa shape index (κ1) is 29.3. The van der Waals surface area contributed by atoms with Crippen molar-refractivity contribution in [3.8, 4) is 23.5 Å². The van der Waals surface area contributed by atoms with Gasteiger partial charge in [0.15, 0.2) is 0 Å². The lowest BCUT2D eigenvalue weighted by atomic mass is 9.84. The molecule has 1 aromatic heterocycles. The number of furan rings is 1. The van der Waals surface area contributed by atoms with E-state index in [9.17, 15) is 10.5 Å². The Morgan fingerprint density at radius 3 is 1.81 bits per heavy atom. The molecule has 0 radical (unpaired) electrons. The van der Waals surface area contributed by atoms with Gasteiger partial charge in [-0.3, -0.25) is 0 Å². The summed E-state index contributed by atoms with van der Waals surface area (Å²) in [5, 5.41) is 22.7. The normalized spacial score (nSPS) is 13.2. The van der Waals surface area contributed by atoms with Gasteiger partial charge in [-0.2, -0.15) is 10.5 Å². The Labute approximate surface area is 281 Å². The van der Waals surface area contributed by atoms with Crippen LogP contribution < -0.4 is 15.3 Å². The minimum atomic E-state index is -2.14. The van der Waals surface area contributed by atoms with Crippen molar-refractivity contribution in [3.05, 3.63) is 173 Å². The number of anilines is 3. The van der Waals surface area contributed by atoms with E-state index in [4.69, 9.17) is 4.42 Å². The summed E-state index contributed by atoms with van der Waals surface area (Å²) >= 11 is 0. The molecule has 0 N–H and O–H groups in total. The molecule has 0 spiro atoms. The third-order valence-corrected chi connectivity index (χ3v) is 13.2. The van der Waals surface area contributed by atoms with E-state index < -0.39 is 8.07 Å². The molecule has 6 aromatic carbocycles. The Morgan fingerprint density at radius 1 is 0.583 bits per heavy atom. The third kappa shape index (κ3) is 4.81. The quantitative estimate of drug-likeness (QED) is 0.135. The minimum Gasteiger partial charge on any atom is -0.456 e. The van der Waals surface area contributed by atoms with Crippen LogP contribution >= 0.6 is 0 Å². The fourth-order valence-electron chi connectivity index (χ4n) is 7.33. The minimum absolute atomic E-state index is 0.0147. The molecule has 0 saturated heterocycles. The standard InChI is InChI=1S/C43H31N3OSi/c1-48(2)40-24-22-36(46(34-11-7-4-8-12-34)35-20-15-30(28-45)16-21-35)26-38(40)42-43(48)37-25-33(19-23-39(37)47-42)41(31-9-5-3-6-10-31)32-17-13-29(27-44)14-18-32/h3-26,41H,1-2H3. The molecule has 4 nitrogen and oxygen atoms in total. The number of rotatable bonds is 6. The molecule has 7 aromatic rings. The van der Waals surface area contributed by atoms with Crippen molar-refractivity contribution in [3.63, 3.8) is 0 Å². The first-order valence-electron chi connectivity index (χ1n) is 16.1. The predicted octanol–water partition coefficient (Wildman–Crippen LogP) is 9.63. The van der Waals surface area contributed by atoms with Gasteiger partial charge in [0.05, 0.1) is 23.3 Å². The van der Waals surface area contributed by atoms with Gasteiger partial charge in [-0.25, -0.2) is 0 Å². The van der Waals surface area contributed by atoms with E-state index in [1.807, 2.05) is 60.7 Å². The maximum absolute atomic E-state index is 9.42. The van der Waals surface area contributed by atoms with Crippen LogP contribution in [0.25, 0.3) is 22.3 Å². The molecular weight excluding hydrogens is 603 g/mol. The van der Waals surface area contributed by atoms with Crippen LogP contribution in [0.2, 0.25) is 13.1 Å². The van der Waals surface area contributed by atoms with Crippen molar-refractivity contribution in [2.45, 2.75) is 19.0 Å². The average molecular weight is 634 g/mol. The predicted molar refractivity (Wildman–Crippen MR) is 196 cm³/mol. The Bertz CT molecular complexity index is 2380. The fraction of sp³-hybridized carbons (Fsp3) is 0.0698. The molecule has 2 heterocycles. The van der Waals surface area contributed by atoms with Crippen LogP contribution in [0.5, 0.6) is 0 Å². The Hall–Kier alpha value is -6.14. The van der Waals surface area contributed by atoms with Crippen molar-refractivity contribution in [1.82, 2.24) is 0 Å². The molecule has 5 heteroatoms. The van der Waals surface area contributed by atoms with E-state index in [1.165, 1.54) is 26.9 Å². The molecule has 8 rings (SSSR count). The molecule has 1 aliphatic rings. The second-order valence-corrected chi connectivity index (χ2v) is 17.1. The van der Waals surface area contributed by atoms with Crippen molar-refractivity contribution in [2.24, 2.45) is 0 Å². The van der Waals surface area contributed by atoms with E-state index in [-0.39, 0.29) is 5.92 Å². The third-order valence-electron chi connectivity index (χ3n) is 9.62. The van der Waals surface area contributed by atoms with Crippen molar-refractivity contribution in [2.75, 3.05) is 4.90 Å². The number of nitriles is 2. The number of hydrogen-bond donors (Lipinski definition) is 0. The molecule has 48 heavy (non-hydrogen) atoms. The van der Waals surface area contributed by atoms with E-state index in [0.29, 0.717) is 11.1 Å². The zero-order chi connectivity index (χ0) is 32.8. The molecule has 0 bridgehead atoms. The van der Waals surface area contributed by atoms with Crippen LogP contribution in [0, 0.1) is 22.7 Å². The van der Waals surface area contributed by atoms with Gasteiger partial charge in [0.25, 0.3) is 0 Å². The second-order valence-electron chi connectivity index (χ2n) is 12.8. The fourth-order valence-corrected chi connectivity index (χ4v) is 10.6. The molecule has 0 saturated carbocycles. The highest BCUT2D eigenvalue weighted by molar-refractivity contribution is 7.05. The maximum atomic E-state index is 9.42.